The molecule has 13 heteroatoms. The van der Waals surface area contributed by atoms with Crippen LogP contribution in [-0.2, 0) is 45.4 Å². The van der Waals surface area contributed by atoms with E-state index < -0.39 is 0 Å². The van der Waals surface area contributed by atoms with Crippen LogP contribution in [0.15, 0.2) is 139 Å². The van der Waals surface area contributed by atoms with Crippen LogP contribution in [0.4, 0.5) is 0 Å². The molecule has 0 bridgehead atoms. The van der Waals surface area contributed by atoms with Gasteiger partial charge in [-0.15, -0.1) is 0 Å². The number of nitrogens with zero attached hydrogens (tertiary/aromatic N) is 5. The molecule has 5 heterocycles. The van der Waals surface area contributed by atoms with Crippen LogP contribution >= 0.6 is 50.7 Å². The average molecular weight is 1210 g/mol. The van der Waals surface area contributed by atoms with E-state index in [1.54, 1.807) is 28.4 Å². The van der Waals surface area contributed by atoms with E-state index in [0.717, 1.165) is 63.9 Å². The van der Waals surface area contributed by atoms with E-state index in [2.05, 4.69) is 177 Å². The van der Waals surface area contributed by atoms with Gasteiger partial charge >= 0.3 is 0 Å². The third kappa shape index (κ3) is 17.0. The average Bonchev–Trinajstić information content (AvgIpc) is 3.45. The summed E-state index contributed by atoms with van der Waals surface area (Å²) in [6.45, 7) is 24.1. The monoisotopic (exact) mass is 1210 g/mol. The van der Waals surface area contributed by atoms with Gasteiger partial charge in [0.2, 0.25) is 0 Å². The Kier molecular flexibility index (Phi) is 24.8. The van der Waals surface area contributed by atoms with Gasteiger partial charge in [-0.2, -0.15) is 0 Å². The highest BCUT2D eigenvalue weighted by Crippen LogP contribution is 2.35. The van der Waals surface area contributed by atoms with Gasteiger partial charge in [-0.1, -0.05) is 162 Å². The van der Waals surface area contributed by atoms with Crippen LogP contribution in [0.3, 0.4) is 0 Å². The van der Waals surface area contributed by atoms with Crippen molar-refractivity contribution in [2.45, 2.75) is 125 Å². The van der Waals surface area contributed by atoms with Crippen molar-refractivity contribution in [2.75, 3.05) is 28.4 Å². The Morgan fingerprint density at radius 2 is 0.765 bits per heavy atom. The van der Waals surface area contributed by atoms with Crippen molar-refractivity contribution in [3.8, 4) is 0 Å². The minimum absolute atomic E-state index is 0.393. The molecule has 0 atom stereocenters. The molecule has 0 spiro atoms. The van der Waals surface area contributed by atoms with Gasteiger partial charge in [0, 0.05) is 112 Å². The lowest BCUT2D eigenvalue weighted by Gasteiger charge is -2.13. The Labute approximate surface area is 503 Å². The number of ether oxygens (including phenoxy) is 4. The third-order valence-corrected chi connectivity index (χ3v) is 15.4. The summed E-state index contributed by atoms with van der Waals surface area (Å²) in [6.07, 6.45) is 11.2. The molecule has 0 aliphatic rings. The maximum Gasteiger partial charge on any atom is 0.0884 e. The van der Waals surface area contributed by atoms with Crippen LogP contribution in [0.2, 0.25) is 15.1 Å². The standard InChI is InChI=1S/C14H16BrNO.2C14H16ClNO.C14H17NO.C12H12ClN/c2*1-9(2)11-4-5-14(15)13-7-16-10(8-17-3)6-12(11)13;1-9(2)14-12-6-11(8-17-3)16-7-10(12)4-5-13(14)15;1-10(2)13-6-4-5-11-8-15-12(9-16-3)7-14(11)13;1-8(2)9-3-4-12(13)11-7-14-6-5-10(9)11/h3*4-7,9H,8H2,1-3H3;4-8,10H,9H2,1-3H3;3-8H,1-2H3. The molecule has 0 saturated carbocycles. The van der Waals surface area contributed by atoms with Crippen LogP contribution < -0.4 is 0 Å². The highest BCUT2D eigenvalue weighted by molar-refractivity contribution is 9.10. The number of rotatable bonds is 13. The molecule has 0 N–H and O–H groups in total. The van der Waals surface area contributed by atoms with E-state index in [1.807, 2.05) is 67.5 Å². The lowest BCUT2D eigenvalue weighted by Crippen LogP contribution is -1.96. The molecule has 0 aliphatic heterocycles. The largest absolute Gasteiger partial charge is 0.378 e. The van der Waals surface area contributed by atoms with Gasteiger partial charge in [0.1, 0.15) is 0 Å². The zero-order valence-electron chi connectivity index (χ0n) is 49.3. The van der Waals surface area contributed by atoms with Crippen LogP contribution in [0.1, 0.15) is 149 Å². The van der Waals surface area contributed by atoms with Crippen molar-refractivity contribution >= 4 is 105 Å². The molecule has 10 rings (SSSR count). The molecule has 0 fully saturated rings. The summed E-state index contributed by atoms with van der Waals surface area (Å²) in [5, 5.41) is 14.0. The van der Waals surface area contributed by atoms with Crippen molar-refractivity contribution in [3.63, 3.8) is 0 Å². The fraction of sp³-hybridized carbons (Fsp3) is 0.338. The van der Waals surface area contributed by atoms with Gasteiger partial charge in [-0.3, -0.25) is 24.9 Å². The molecule has 0 radical (unpaired) electrons. The zero-order chi connectivity index (χ0) is 58.9. The van der Waals surface area contributed by atoms with Crippen molar-refractivity contribution in [1.29, 1.82) is 0 Å². The van der Waals surface area contributed by atoms with E-state index in [-0.39, 0.29) is 0 Å². The topological polar surface area (TPSA) is 101 Å². The summed E-state index contributed by atoms with van der Waals surface area (Å²) in [4.78, 5) is 21.6. The first kappa shape index (κ1) is 64.5. The summed E-state index contributed by atoms with van der Waals surface area (Å²) >= 11 is 22.1. The third-order valence-electron chi connectivity index (χ3n) is 13.7. The first-order chi connectivity index (χ1) is 38.8. The van der Waals surface area contributed by atoms with E-state index in [9.17, 15) is 0 Å². The molecule has 81 heavy (non-hydrogen) atoms. The van der Waals surface area contributed by atoms with E-state index in [0.29, 0.717) is 56.0 Å². The highest BCUT2D eigenvalue weighted by atomic mass is 79.9. The lowest BCUT2D eigenvalue weighted by molar-refractivity contribution is 0.181. The second-order valence-electron chi connectivity index (χ2n) is 21.4. The second-order valence-corrected chi connectivity index (χ2v) is 23.5. The van der Waals surface area contributed by atoms with E-state index in [4.69, 9.17) is 53.8 Å². The molecule has 9 nitrogen and oxygen atoms in total. The van der Waals surface area contributed by atoms with Gasteiger partial charge in [0.25, 0.3) is 0 Å². The molecule has 5 aromatic heterocycles. The molecule has 0 saturated heterocycles. The molecule has 0 unspecified atom stereocenters. The Balaban J connectivity index is 0.000000163. The summed E-state index contributed by atoms with van der Waals surface area (Å²) in [5.74, 6) is 2.40. The number of methoxy groups -OCH3 is 4. The predicted molar refractivity (Wildman–Crippen MR) is 345 cm³/mol. The van der Waals surface area contributed by atoms with Crippen LogP contribution in [-0.4, -0.2) is 53.4 Å². The fourth-order valence-electron chi connectivity index (χ4n) is 9.72. The van der Waals surface area contributed by atoms with Gasteiger partial charge in [0.05, 0.1) is 49.2 Å². The minimum atomic E-state index is 0.393. The van der Waals surface area contributed by atoms with Crippen LogP contribution in [0, 0.1) is 0 Å². The predicted octanol–water partition coefficient (Wildman–Crippen LogP) is 20.1. The number of hydrogen-bond acceptors (Lipinski definition) is 9. The molecule has 0 aliphatic carbocycles. The van der Waals surface area contributed by atoms with Gasteiger partial charge in [-0.25, -0.2) is 0 Å². The SMILES string of the molecule is CC(C)c1ccc(Cl)c2cnccc12.COCc1cc2c(C(C)C)c(Cl)ccc2cn1.COCc1cc2c(C(C)C)ccc(Br)c2cn1.COCc1cc2c(C(C)C)ccc(Cl)c2cn1.COCc1cc2c(C(C)C)cccc2cn1. The number of aromatic nitrogens is 5. The first-order valence-electron chi connectivity index (χ1n) is 27.4. The quantitative estimate of drug-likeness (QED) is 0.112. The molecular weight excluding hydrogens is 1140 g/mol. The summed E-state index contributed by atoms with van der Waals surface area (Å²) < 4.78 is 21.6. The van der Waals surface area contributed by atoms with E-state index in [1.165, 1.54) is 60.1 Å². The van der Waals surface area contributed by atoms with E-state index >= 15 is 0 Å². The van der Waals surface area contributed by atoms with Crippen LogP contribution in [0.25, 0.3) is 53.9 Å². The number of halogens is 4. The molecular formula is C68H77BrCl3N5O4. The van der Waals surface area contributed by atoms with Crippen molar-refractivity contribution in [2.24, 2.45) is 0 Å². The van der Waals surface area contributed by atoms with Gasteiger partial charge < -0.3 is 18.9 Å². The summed E-state index contributed by atoms with van der Waals surface area (Å²) in [7, 11) is 6.73. The summed E-state index contributed by atoms with van der Waals surface area (Å²) in [6, 6.07) is 33.1. The summed E-state index contributed by atoms with van der Waals surface area (Å²) in [5.41, 5.74) is 10.4. The molecule has 10 aromatic rings. The van der Waals surface area contributed by atoms with Crippen molar-refractivity contribution in [1.82, 2.24) is 24.9 Å². The molecule has 5 aromatic carbocycles. The van der Waals surface area contributed by atoms with Crippen molar-refractivity contribution < 1.29 is 18.9 Å². The number of hydrogen-bond donors (Lipinski definition) is 0. The molecule has 0 amide bonds. The lowest BCUT2D eigenvalue weighted by atomic mass is 9.96. The Morgan fingerprint density at radius 3 is 1.26 bits per heavy atom. The minimum Gasteiger partial charge on any atom is -0.378 e. The Morgan fingerprint density at radius 1 is 0.370 bits per heavy atom. The van der Waals surface area contributed by atoms with Gasteiger partial charge in [-0.05, 0) is 139 Å². The smallest absolute Gasteiger partial charge is 0.0884 e. The first-order valence-corrected chi connectivity index (χ1v) is 29.3. The second kappa shape index (κ2) is 31.1. The van der Waals surface area contributed by atoms with Gasteiger partial charge in [0.15, 0.2) is 0 Å². The Bertz CT molecular complexity index is 3570. The number of benzene rings is 5. The highest BCUT2D eigenvalue weighted by Gasteiger charge is 2.14. The maximum absolute atomic E-state index is 6.28. The normalized spacial score (nSPS) is 11.3. The Hall–Kier alpha value is -5.66. The molecule has 426 valence electrons. The maximum atomic E-state index is 6.28. The van der Waals surface area contributed by atoms with Crippen LogP contribution in [0.5, 0.6) is 0 Å². The van der Waals surface area contributed by atoms with Crippen molar-refractivity contribution in [3.05, 3.63) is 204 Å². The fourth-order valence-corrected chi connectivity index (χ4v) is 11.0. The number of pyridine rings is 5. The number of fused-ring (bicyclic) bond motifs is 5. The zero-order valence-corrected chi connectivity index (χ0v) is 53.2.